The lowest BCUT2D eigenvalue weighted by Gasteiger charge is -2.06. The van der Waals surface area contributed by atoms with Crippen molar-refractivity contribution in [2.45, 2.75) is 0 Å². The van der Waals surface area contributed by atoms with Gasteiger partial charge in [0.25, 0.3) is 0 Å². The van der Waals surface area contributed by atoms with Crippen LogP contribution in [0.25, 0.3) is 0 Å². The van der Waals surface area contributed by atoms with E-state index >= 15 is 0 Å². The van der Waals surface area contributed by atoms with Crippen molar-refractivity contribution < 1.29 is 26.7 Å². The van der Waals surface area contributed by atoms with Crippen molar-refractivity contribution in [1.29, 1.82) is 0 Å². The fraction of sp³-hybridized carbons (Fsp3) is 0.0769. The summed E-state index contributed by atoms with van der Waals surface area (Å²) in [4.78, 5) is 0. The average molecular weight is 521 g/mol. The number of nitrogens with zero attached hydrogens (tertiary/aromatic N) is 6. The standard InChI is InChI=1S/2C13H14N3.H2O4S/c2*1-15(13-8-4-2-5-9-13)14-12-16-10-6-3-7-11-16;1-5(2,3)4/h2*2-12H,1H3;(H2,1,2,3,4)/q2*+1;/p-2. The lowest BCUT2D eigenvalue weighted by atomic mass is 10.3. The molecule has 192 valence electrons. The number of anilines is 2. The molecule has 10 nitrogen and oxygen atoms in total. The predicted octanol–water partition coefficient (Wildman–Crippen LogP) is 2.47. The van der Waals surface area contributed by atoms with E-state index in [2.05, 4.69) is 10.2 Å². The van der Waals surface area contributed by atoms with Gasteiger partial charge < -0.3 is 9.11 Å². The number of hydrogen-bond donors (Lipinski definition) is 0. The summed E-state index contributed by atoms with van der Waals surface area (Å²) in [5, 5.41) is 12.3. The van der Waals surface area contributed by atoms with Crippen LogP contribution in [0.5, 0.6) is 0 Å². The summed E-state index contributed by atoms with van der Waals surface area (Å²) >= 11 is 0. The molecule has 0 N–H and O–H groups in total. The van der Waals surface area contributed by atoms with Gasteiger partial charge >= 0.3 is 12.7 Å². The molecule has 0 bridgehead atoms. The van der Waals surface area contributed by atoms with Crippen LogP contribution in [-0.2, 0) is 10.4 Å². The number of aromatic nitrogens is 2. The summed E-state index contributed by atoms with van der Waals surface area (Å²) in [5.41, 5.74) is 2.13. The first-order valence-electron chi connectivity index (χ1n) is 11.0. The Morgan fingerprint density at radius 2 is 0.865 bits per heavy atom. The molecule has 2 aromatic heterocycles. The van der Waals surface area contributed by atoms with Gasteiger partial charge in [-0.3, -0.25) is 8.42 Å². The van der Waals surface area contributed by atoms with E-state index in [1.807, 2.05) is 155 Å². The van der Waals surface area contributed by atoms with E-state index in [0.717, 1.165) is 11.4 Å². The summed E-state index contributed by atoms with van der Waals surface area (Å²) in [7, 11) is -1.31. The number of para-hydroxylation sites is 2. The number of hydrogen-bond acceptors (Lipinski definition) is 8. The fourth-order valence-electron chi connectivity index (χ4n) is 2.67. The van der Waals surface area contributed by atoms with E-state index in [-0.39, 0.29) is 0 Å². The Labute approximate surface area is 217 Å². The molecule has 0 atom stereocenters. The Bertz CT molecular complexity index is 1230. The minimum absolute atomic E-state index is 1.07. The van der Waals surface area contributed by atoms with Crippen molar-refractivity contribution in [1.82, 2.24) is 0 Å². The van der Waals surface area contributed by atoms with Gasteiger partial charge in [0.15, 0.2) is 0 Å². The molecule has 2 heterocycles. The first kappa shape index (κ1) is 28.8. The molecule has 0 spiro atoms. The van der Waals surface area contributed by atoms with Crippen LogP contribution in [-0.4, -0.2) is 44.3 Å². The molecule has 37 heavy (non-hydrogen) atoms. The Morgan fingerprint density at radius 3 is 1.16 bits per heavy atom. The van der Waals surface area contributed by atoms with Crippen molar-refractivity contribution in [2.24, 2.45) is 10.2 Å². The van der Waals surface area contributed by atoms with Crippen molar-refractivity contribution in [3.8, 4) is 0 Å². The van der Waals surface area contributed by atoms with Gasteiger partial charge in [0, 0.05) is 20.6 Å². The lowest BCUT2D eigenvalue weighted by Crippen LogP contribution is -2.33. The highest BCUT2D eigenvalue weighted by Crippen LogP contribution is 2.10. The van der Waals surface area contributed by atoms with Gasteiger partial charge in [0.1, 0.15) is 0 Å². The number of pyridine rings is 2. The minimum atomic E-state index is -5.17. The summed E-state index contributed by atoms with van der Waals surface area (Å²) in [6, 6.07) is 31.9. The second kappa shape index (κ2) is 15.5. The number of hydrazone groups is 2. The molecule has 0 aliphatic rings. The van der Waals surface area contributed by atoms with Crippen molar-refractivity contribution in [3.05, 3.63) is 122 Å². The molecule has 4 aromatic rings. The third-order valence-electron chi connectivity index (χ3n) is 4.45. The van der Waals surface area contributed by atoms with E-state index < -0.39 is 10.4 Å². The minimum Gasteiger partial charge on any atom is -0.759 e. The van der Waals surface area contributed by atoms with E-state index in [1.165, 1.54) is 0 Å². The van der Waals surface area contributed by atoms with Gasteiger partial charge in [-0.1, -0.05) is 48.5 Å². The Balaban J connectivity index is 0.000000221. The highest BCUT2D eigenvalue weighted by molar-refractivity contribution is 7.79. The maximum absolute atomic E-state index is 8.52. The molecule has 11 heteroatoms. The maximum Gasteiger partial charge on any atom is 0.316 e. The smallest absolute Gasteiger partial charge is 0.316 e. The summed E-state index contributed by atoms with van der Waals surface area (Å²) in [6.07, 6.45) is 11.3. The summed E-state index contributed by atoms with van der Waals surface area (Å²) < 4.78 is 37.9. The zero-order valence-corrected chi connectivity index (χ0v) is 21.2. The molecule has 0 saturated heterocycles. The number of rotatable bonds is 6. The van der Waals surface area contributed by atoms with Gasteiger partial charge in [-0.25, -0.2) is 9.13 Å². The van der Waals surface area contributed by atoms with Gasteiger partial charge in [0.05, 0.1) is 50.3 Å². The molecule has 0 radical (unpaired) electrons. The van der Waals surface area contributed by atoms with Crippen molar-refractivity contribution in [3.63, 3.8) is 0 Å². The van der Waals surface area contributed by atoms with Gasteiger partial charge in [-0.15, -0.1) is 0 Å². The first-order valence-corrected chi connectivity index (χ1v) is 12.3. The van der Waals surface area contributed by atoms with Crippen LogP contribution in [0.1, 0.15) is 0 Å². The van der Waals surface area contributed by atoms with E-state index in [0.29, 0.717) is 0 Å². The molecular formula is C26H28N6O4S. The second-order valence-corrected chi connectivity index (χ2v) is 8.05. The van der Waals surface area contributed by atoms with Crippen LogP contribution < -0.4 is 19.2 Å². The van der Waals surface area contributed by atoms with E-state index in [9.17, 15) is 0 Å². The number of benzene rings is 2. The van der Waals surface area contributed by atoms with Gasteiger partial charge in [-0.05, 0) is 48.5 Å². The van der Waals surface area contributed by atoms with Crippen LogP contribution >= 0.6 is 0 Å². The van der Waals surface area contributed by atoms with Crippen molar-refractivity contribution >= 4 is 34.5 Å². The van der Waals surface area contributed by atoms with Crippen LogP contribution in [0.15, 0.2) is 132 Å². The Kier molecular flexibility index (Phi) is 12.1. The topological polar surface area (TPSA) is 119 Å². The molecule has 0 aliphatic heterocycles. The highest BCUT2D eigenvalue weighted by Gasteiger charge is 2.02. The molecule has 4 rings (SSSR count). The quantitative estimate of drug-likeness (QED) is 0.0962. The Hall–Kier alpha value is -4.45. The first-order chi connectivity index (χ1) is 17.7. The van der Waals surface area contributed by atoms with Gasteiger partial charge in [-0.2, -0.15) is 10.0 Å². The molecule has 2 aromatic carbocycles. The maximum atomic E-state index is 8.52. The molecule has 0 saturated carbocycles. The largest absolute Gasteiger partial charge is 0.759 e. The molecular weight excluding hydrogens is 492 g/mol. The van der Waals surface area contributed by atoms with E-state index in [1.54, 1.807) is 12.7 Å². The third kappa shape index (κ3) is 13.3. The fourth-order valence-corrected chi connectivity index (χ4v) is 2.67. The summed E-state index contributed by atoms with van der Waals surface area (Å²) in [5.74, 6) is 0. The van der Waals surface area contributed by atoms with Crippen molar-refractivity contribution in [2.75, 3.05) is 24.1 Å². The molecule has 0 fully saturated rings. The predicted molar refractivity (Wildman–Crippen MR) is 141 cm³/mol. The van der Waals surface area contributed by atoms with Gasteiger partial charge in [0.2, 0.25) is 0 Å². The molecule has 0 amide bonds. The zero-order chi connectivity index (χ0) is 26.9. The lowest BCUT2D eigenvalue weighted by molar-refractivity contribution is -0.546. The second-order valence-electron chi connectivity index (χ2n) is 7.23. The SMILES string of the molecule is CN(N=C[n+]1ccccc1)c1ccccc1.CN(N=C[n+]1ccccc1)c1ccccc1.O=S(=O)([O-])[O-]. The highest BCUT2D eigenvalue weighted by atomic mass is 32.3. The monoisotopic (exact) mass is 520 g/mol. The van der Waals surface area contributed by atoms with Crippen LogP contribution in [0, 0.1) is 0 Å². The normalized spacial score (nSPS) is 10.7. The summed E-state index contributed by atoms with van der Waals surface area (Å²) in [6.45, 7) is 0. The Morgan fingerprint density at radius 1 is 0.595 bits per heavy atom. The van der Waals surface area contributed by atoms with Crippen LogP contribution in [0.4, 0.5) is 11.4 Å². The average Bonchev–Trinajstić information content (AvgIpc) is 2.92. The molecule has 0 unspecified atom stereocenters. The van der Waals surface area contributed by atoms with Crippen LogP contribution in [0.3, 0.4) is 0 Å². The zero-order valence-electron chi connectivity index (χ0n) is 20.4. The third-order valence-corrected chi connectivity index (χ3v) is 4.45. The molecule has 0 aliphatic carbocycles. The van der Waals surface area contributed by atoms with Crippen LogP contribution in [0.2, 0.25) is 0 Å². The van der Waals surface area contributed by atoms with E-state index in [4.69, 9.17) is 17.5 Å².